The molecule has 3 heterocycles. The van der Waals surface area contributed by atoms with Gasteiger partial charge in [0.1, 0.15) is 6.04 Å². The summed E-state index contributed by atoms with van der Waals surface area (Å²) in [5, 5.41) is 7.12. The monoisotopic (exact) mass is 302 g/mol. The van der Waals surface area contributed by atoms with E-state index in [9.17, 15) is 4.79 Å². The molecule has 1 fully saturated rings. The molecule has 0 aliphatic carbocycles. The number of pyridine rings is 1. The summed E-state index contributed by atoms with van der Waals surface area (Å²) in [4.78, 5) is 16.6. The number of carbonyl (C=O) groups excluding carboxylic acids is 1. The smallest absolute Gasteiger partial charge is 0.239 e. The Bertz CT molecular complexity index is 587. The van der Waals surface area contributed by atoms with Crippen molar-refractivity contribution in [3.63, 3.8) is 0 Å². The average molecular weight is 302 g/mol. The van der Waals surface area contributed by atoms with E-state index in [1.165, 1.54) is 0 Å². The quantitative estimate of drug-likeness (QED) is 0.807. The van der Waals surface area contributed by atoms with Gasteiger partial charge in [0.2, 0.25) is 5.91 Å². The van der Waals surface area contributed by atoms with E-state index in [1.54, 1.807) is 17.5 Å². The number of carbonyl (C=O) groups is 1. The van der Waals surface area contributed by atoms with Crippen molar-refractivity contribution in [2.45, 2.75) is 31.5 Å². The molecule has 0 bridgehead atoms. The molecule has 2 aromatic rings. The highest BCUT2D eigenvalue weighted by Gasteiger charge is 2.31. The van der Waals surface area contributed by atoms with Crippen LogP contribution in [0.1, 0.15) is 36.7 Å². The number of aromatic nitrogens is 1. The van der Waals surface area contributed by atoms with Gasteiger partial charge in [-0.25, -0.2) is 10.9 Å². The van der Waals surface area contributed by atoms with Crippen LogP contribution >= 0.6 is 11.3 Å². The van der Waals surface area contributed by atoms with Crippen LogP contribution < -0.4 is 16.2 Å². The Kier molecular flexibility index (Phi) is 4.28. The topological polar surface area (TPSA) is 66.0 Å². The summed E-state index contributed by atoms with van der Waals surface area (Å²) in [5.74, 6) is 0.0135. The Labute approximate surface area is 127 Å². The molecular formula is C15H18N4OS. The van der Waals surface area contributed by atoms with Crippen LogP contribution in [0.5, 0.6) is 0 Å². The maximum atomic E-state index is 12.3. The largest absolute Gasteiger partial charge is 0.348 e. The third-order valence-electron chi connectivity index (χ3n) is 3.67. The number of amides is 1. The van der Waals surface area contributed by atoms with E-state index < -0.39 is 0 Å². The SMILES string of the molecule is CC(NC(=O)C1CC(c2ccccn2)NN1)c1ccsc1. The van der Waals surface area contributed by atoms with Gasteiger partial charge in [0, 0.05) is 6.20 Å². The molecule has 0 radical (unpaired) electrons. The summed E-state index contributed by atoms with van der Waals surface area (Å²) >= 11 is 1.64. The van der Waals surface area contributed by atoms with Crippen molar-refractivity contribution in [2.24, 2.45) is 0 Å². The summed E-state index contributed by atoms with van der Waals surface area (Å²) in [6.07, 6.45) is 2.46. The van der Waals surface area contributed by atoms with Crippen LogP contribution in [0.25, 0.3) is 0 Å². The van der Waals surface area contributed by atoms with Crippen LogP contribution in [0.4, 0.5) is 0 Å². The third kappa shape index (κ3) is 3.29. The van der Waals surface area contributed by atoms with E-state index in [0.717, 1.165) is 11.3 Å². The summed E-state index contributed by atoms with van der Waals surface area (Å²) in [6, 6.07) is 7.70. The Morgan fingerprint density at radius 2 is 2.33 bits per heavy atom. The summed E-state index contributed by atoms with van der Waals surface area (Å²) in [5.41, 5.74) is 8.29. The number of thiophene rings is 1. The lowest BCUT2D eigenvalue weighted by Gasteiger charge is -2.16. The maximum Gasteiger partial charge on any atom is 0.239 e. The molecule has 5 nitrogen and oxygen atoms in total. The maximum absolute atomic E-state index is 12.3. The lowest BCUT2D eigenvalue weighted by Crippen LogP contribution is -2.43. The number of hydrogen-bond acceptors (Lipinski definition) is 5. The zero-order chi connectivity index (χ0) is 14.7. The molecule has 1 aliphatic heterocycles. The molecule has 0 spiro atoms. The number of nitrogens with one attached hydrogen (secondary N) is 3. The van der Waals surface area contributed by atoms with Crippen molar-refractivity contribution in [1.82, 2.24) is 21.2 Å². The van der Waals surface area contributed by atoms with Gasteiger partial charge in [0.15, 0.2) is 0 Å². The van der Waals surface area contributed by atoms with Crippen LogP contribution in [0.2, 0.25) is 0 Å². The first-order valence-electron chi connectivity index (χ1n) is 6.98. The van der Waals surface area contributed by atoms with Crippen molar-refractivity contribution in [2.75, 3.05) is 0 Å². The molecule has 1 saturated heterocycles. The first-order chi connectivity index (χ1) is 10.2. The molecule has 21 heavy (non-hydrogen) atoms. The third-order valence-corrected chi connectivity index (χ3v) is 4.37. The van der Waals surface area contributed by atoms with E-state index in [4.69, 9.17) is 0 Å². The zero-order valence-corrected chi connectivity index (χ0v) is 12.6. The Balaban J connectivity index is 1.57. The highest BCUT2D eigenvalue weighted by Crippen LogP contribution is 2.21. The van der Waals surface area contributed by atoms with Crippen LogP contribution in [-0.4, -0.2) is 16.9 Å². The van der Waals surface area contributed by atoms with Crippen LogP contribution in [0.15, 0.2) is 41.2 Å². The molecular weight excluding hydrogens is 284 g/mol. The second-order valence-electron chi connectivity index (χ2n) is 5.17. The van der Waals surface area contributed by atoms with Gasteiger partial charge in [-0.1, -0.05) is 6.07 Å². The van der Waals surface area contributed by atoms with E-state index in [0.29, 0.717) is 6.42 Å². The van der Waals surface area contributed by atoms with E-state index in [1.807, 2.05) is 36.6 Å². The predicted molar refractivity (Wildman–Crippen MR) is 82.5 cm³/mol. The lowest BCUT2D eigenvalue weighted by molar-refractivity contribution is -0.123. The molecule has 3 unspecified atom stereocenters. The van der Waals surface area contributed by atoms with Gasteiger partial charge < -0.3 is 5.32 Å². The highest BCUT2D eigenvalue weighted by atomic mass is 32.1. The van der Waals surface area contributed by atoms with Crippen molar-refractivity contribution in [3.8, 4) is 0 Å². The standard InChI is InChI=1S/C15H18N4OS/c1-10(11-5-7-21-9-11)17-15(20)14-8-13(18-19-14)12-4-2-3-6-16-12/h2-7,9-10,13-14,18-19H,8H2,1H3,(H,17,20). The zero-order valence-electron chi connectivity index (χ0n) is 11.7. The number of nitrogens with zero attached hydrogens (tertiary/aromatic N) is 1. The van der Waals surface area contributed by atoms with Gasteiger partial charge in [-0.15, -0.1) is 0 Å². The van der Waals surface area contributed by atoms with Gasteiger partial charge in [-0.2, -0.15) is 11.3 Å². The predicted octanol–water partition coefficient (Wildman–Crippen LogP) is 1.93. The number of hydrogen-bond donors (Lipinski definition) is 3. The molecule has 110 valence electrons. The molecule has 0 saturated carbocycles. The first-order valence-corrected chi connectivity index (χ1v) is 7.93. The van der Waals surface area contributed by atoms with E-state index in [2.05, 4.69) is 26.5 Å². The van der Waals surface area contributed by atoms with Crippen molar-refractivity contribution < 1.29 is 4.79 Å². The number of rotatable bonds is 4. The molecule has 1 amide bonds. The van der Waals surface area contributed by atoms with Gasteiger partial charge in [0.25, 0.3) is 0 Å². The van der Waals surface area contributed by atoms with Crippen LogP contribution in [0.3, 0.4) is 0 Å². The summed E-state index contributed by atoms with van der Waals surface area (Å²) in [6.45, 7) is 2.00. The van der Waals surface area contributed by atoms with E-state index in [-0.39, 0.29) is 24.0 Å². The first kappa shape index (κ1) is 14.2. The molecule has 2 aromatic heterocycles. The fourth-order valence-corrected chi connectivity index (χ4v) is 3.18. The second kappa shape index (κ2) is 6.34. The van der Waals surface area contributed by atoms with Gasteiger partial charge in [0.05, 0.1) is 17.8 Å². The average Bonchev–Trinajstić information content (AvgIpc) is 3.20. The Morgan fingerprint density at radius 1 is 1.43 bits per heavy atom. The fraction of sp³-hybridized carbons (Fsp3) is 0.333. The van der Waals surface area contributed by atoms with Gasteiger partial charge in [-0.3, -0.25) is 9.78 Å². The summed E-state index contributed by atoms with van der Waals surface area (Å²) in [7, 11) is 0. The summed E-state index contributed by atoms with van der Waals surface area (Å²) < 4.78 is 0. The minimum atomic E-state index is -0.238. The minimum absolute atomic E-state index is 0.0135. The van der Waals surface area contributed by atoms with Gasteiger partial charge >= 0.3 is 0 Å². The molecule has 3 atom stereocenters. The minimum Gasteiger partial charge on any atom is -0.348 e. The molecule has 3 rings (SSSR count). The molecule has 6 heteroatoms. The fourth-order valence-electron chi connectivity index (χ4n) is 2.42. The second-order valence-corrected chi connectivity index (χ2v) is 5.95. The van der Waals surface area contributed by atoms with Crippen LogP contribution in [0, 0.1) is 0 Å². The van der Waals surface area contributed by atoms with Crippen molar-refractivity contribution in [3.05, 3.63) is 52.5 Å². The molecule has 1 aliphatic rings. The molecule has 0 aromatic carbocycles. The van der Waals surface area contributed by atoms with Crippen LogP contribution in [-0.2, 0) is 4.79 Å². The highest BCUT2D eigenvalue weighted by molar-refractivity contribution is 7.07. The Hall–Kier alpha value is -1.76. The molecule has 3 N–H and O–H groups in total. The lowest BCUT2D eigenvalue weighted by atomic mass is 10.1. The van der Waals surface area contributed by atoms with Gasteiger partial charge in [-0.05, 0) is 47.9 Å². The van der Waals surface area contributed by atoms with Crippen molar-refractivity contribution in [1.29, 1.82) is 0 Å². The van der Waals surface area contributed by atoms with E-state index >= 15 is 0 Å². The van der Waals surface area contributed by atoms with Crippen molar-refractivity contribution >= 4 is 17.2 Å². The Morgan fingerprint density at radius 3 is 3.05 bits per heavy atom. The number of hydrazine groups is 1. The normalized spacial score (nSPS) is 22.9.